The molecule has 2 aromatic heterocycles. The molecule has 0 saturated heterocycles. The topological polar surface area (TPSA) is 49.3 Å². The lowest BCUT2D eigenvalue weighted by Crippen LogP contribution is -2.36. The van der Waals surface area contributed by atoms with E-state index in [4.69, 9.17) is 0 Å². The zero-order valence-corrected chi connectivity index (χ0v) is 18.3. The Morgan fingerprint density at radius 1 is 1.36 bits per heavy atom. The van der Waals surface area contributed by atoms with Gasteiger partial charge in [-0.15, -0.1) is 46.7 Å². The summed E-state index contributed by atoms with van der Waals surface area (Å²) in [6, 6.07) is 2.10. The summed E-state index contributed by atoms with van der Waals surface area (Å²) in [6.45, 7) is 8.43. The van der Waals surface area contributed by atoms with Crippen LogP contribution >= 0.6 is 62.6 Å². The minimum atomic E-state index is 0. The monoisotopic (exact) mass is 514 g/mol. The Bertz CT molecular complexity index is 605. The fourth-order valence-corrected chi connectivity index (χ4v) is 3.79. The van der Waals surface area contributed by atoms with Crippen molar-refractivity contribution in [1.29, 1.82) is 0 Å². The number of thiophene rings is 1. The van der Waals surface area contributed by atoms with Crippen molar-refractivity contribution in [2.45, 2.75) is 33.9 Å². The number of nitrogens with zero attached hydrogens (tertiary/aromatic N) is 2. The molecule has 0 spiro atoms. The fraction of sp³-hybridized carbons (Fsp3) is 0.429. The highest BCUT2D eigenvalue weighted by Crippen LogP contribution is 2.21. The lowest BCUT2D eigenvalue weighted by Gasteiger charge is -2.09. The number of rotatable bonds is 5. The summed E-state index contributed by atoms with van der Waals surface area (Å²) in [4.78, 5) is 10.4. The van der Waals surface area contributed by atoms with Crippen LogP contribution in [-0.2, 0) is 13.1 Å². The molecule has 8 heteroatoms. The number of nitrogens with one attached hydrogen (secondary N) is 2. The van der Waals surface area contributed by atoms with Gasteiger partial charge in [-0.25, -0.2) is 9.98 Å². The summed E-state index contributed by atoms with van der Waals surface area (Å²) in [7, 11) is 0. The van der Waals surface area contributed by atoms with Crippen molar-refractivity contribution < 1.29 is 0 Å². The molecular formula is C14H20BrIN4S2. The number of aromatic nitrogens is 1. The van der Waals surface area contributed by atoms with Gasteiger partial charge in [0.25, 0.3) is 0 Å². The van der Waals surface area contributed by atoms with Crippen molar-refractivity contribution in [3.63, 3.8) is 0 Å². The van der Waals surface area contributed by atoms with Gasteiger partial charge in [0, 0.05) is 11.4 Å². The van der Waals surface area contributed by atoms with Gasteiger partial charge in [-0.2, -0.15) is 0 Å². The van der Waals surface area contributed by atoms with Gasteiger partial charge in [-0.1, -0.05) is 0 Å². The predicted octanol–water partition coefficient (Wildman–Crippen LogP) is 4.46. The number of hydrogen-bond acceptors (Lipinski definition) is 4. The molecule has 122 valence electrons. The van der Waals surface area contributed by atoms with Gasteiger partial charge in [0.2, 0.25) is 0 Å². The Kier molecular flexibility index (Phi) is 8.88. The van der Waals surface area contributed by atoms with E-state index >= 15 is 0 Å². The van der Waals surface area contributed by atoms with Crippen LogP contribution in [0.15, 0.2) is 20.2 Å². The van der Waals surface area contributed by atoms with Gasteiger partial charge in [-0.05, 0) is 53.7 Å². The quantitative estimate of drug-likeness (QED) is 0.352. The number of halogens is 2. The van der Waals surface area contributed by atoms with Crippen LogP contribution in [0.2, 0.25) is 0 Å². The van der Waals surface area contributed by atoms with Crippen LogP contribution in [0.1, 0.15) is 28.1 Å². The molecule has 2 aromatic rings. The number of guanidine groups is 1. The molecule has 0 aliphatic heterocycles. The highest BCUT2D eigenvalue weighted by Gasteiger charge is 2.05. The summed E-state index contributed by atoms with van der Waals surface area (Å²) < 4.78 is 1.14. The zero-order valence-electron chi connectivity index (χ0n) is 12.8. The van der Waals surface area contributed by atoms with E-state index in [0.29, 0.717) is 13.1 Å². The maximum absolute atomic E-state index is 4.60. The standard InChI is InChI=1S/C14H19BrN4S2.HI/c1-4-16-14(17-6-11-5-12(15)20-8-11)18-7-13-19-9(2)10(3)21-13;/h5,8H,4,6-7H2,1-3H3,(H2,16,17,18);1H. The summed E-state index contributed by atoms with van der Waals surface area (Å²) in [6.07, 6.45) is 0. The summed E-state index contributed by atoms with van der Waals surface area (Å²) in [5.41, 5.74) is 2.33. The van der Waals surface area contributed by atoms with Crippen LogP contribution in [0.5, 0.6) is 0 Å². The molecular weight excluding hydrogens is 495 g/mol. The normalized spacial score (nSPS) is 11.2. The third-order valence-electron chi connectivity index (χ3n) is 2.87. The molecule has 0 aromatic carbocycles. The Balaban J connectivity index is 0.00000242. The van der Waals surface area contributed by atoms with Gasteiger partial charge < -0.3 is 10.6 Å². The van der Waals surface area contributed by atoms with Crippen molar-refractivity contribution in [1.82, 2.24) is 15.6 Å². The third-order valence-corrected chi connectivity index (χ3v) is 5.49. The summed E-state index contributed by atoms with van der Waals surface area (Å²) in [5.74, 6) is 0.824. The maximum Gasteiger partial charge on any atom is 0.191 e. The highest BCUT2D eigenvalue weighted by atomic mass is 127. The molecule has 0 aliphatic carbocycles. The van der Waals surface area contributed by atoms with Crippen molar-refractivity contribution in [2.24, 2.45) is 4.99 Å². The second-order valence-corrected chi connectivity index (χ2v) is 8.14. The Morgan fingerprint density at radius 2 is 2.14 bits per heavy atom. The summed E-state index contributed by atoms with van der Waals surface area (Å²) in [5, 5.41) is 9.80. The van der Waals surface area contributed by atoms with E-state index in [1.54, 1.807) is 22.7 Å². The van der Waals surface area contributed by atoms with Gasteiger partial charge in [-0.3, -0.25) is 0 Å². The minimum absolute atomic E-state index is 0. The molecule has 0 aliphatic rings. The van der Waals surface area contributed by atoms with E-state index in [0.717, 1.165) is 27.0 Å². The first kappa shape index (κ1) is 19.9. The van der Waals surface area contributed by atoms with Gasteiger partial charge in [0.15, 0.2) is 5.96 Å². The van der Waals surface area contributed by atoms with Crippen molar-refractivity contribution in [3.8, 4) is 0 Å². The highest BCUT2D eigenvalue weighted by molar-refractivity contribution is 14.0. The van der Waals surface area contributed by atoms with Crippen molar-refractivity contribution in [2.75, 3.05) is 6.54 Å². The number of thiazole rings is 1. The first-order valence-electron chi connectivity index (χ1n) is 6.76. The van der Waals surface area contributed by atoms with E-state index in [9.17, 15) is 0 Å². The molecule has 4 nitrogen and oxygen atoms in total. The van der Waals surface area contributed by atoms with Crippen LogP contribution < -0.4 is 10.6 Å². The van der Waals surface area contributed by atoms with Gasteiger partial charge in [0.1, 0.15) is 5.01 Å². The first-order valence-corrected chi connectivity index (χ1v) is 9.25. The zero-order chi connectivity index (χ0) is 15.2. The number of aryl methyl sites for hydroxylation is 2. The molecule has 0 unspecified atom stereocenters. The maximum atomic E-state index is 4.60. The Labute approximate surface area is 165 Å². The second kappa shape index (κ2) is 9.84. The molecule has 0 atom stereocenters. The fourth-order valence-electron chi connectivity index (χ4n) is 1.71. The van der Waals surface area contributed by atoms with Gasteiger partial charge in [0.05, 0.1) is 22.6 Å². The smallest absolute Gasteiger partial charge is 0.191 e. The van der Waals surface area contributed by atoms with E-state index in [-0.39, 0.29) is 24.0 Å². The number of aliphatic imine (C=N–C) groups is 1. The lowest BCUT2D eigenvalue weighted by molar-refractivity contribution is 0.810. The molecule has 0 bridgehead atoms. The molecule has 2 rings (SSSR count). The lowest BCUT2D eigenvalue weighted by atomic mass is 10.3. The van der Waals surface area contributed by atoms with Crippen LogP contribution in [0, 0.1) is 13.8 Å². The van der Waals surface area contributed by atoms with E-state index in [1.807, 2.05) is 6.92 Å². The molecule has 2 heterocycles. The van der Waals surface area contributed by atoms with Crippen LogP contribution in [0.25, 0.3) is 0 Å². The van der Waals surface area contributed by atoms with Crippen molar-refractivity contribution in [3.05, 3.63) is 36.4 Å². The van der Waals surface area contributed by atoms with Crippen LogP contribution in [0.4, 0.5) is 0 Å². The second-order valence-electron chi connectivity index (χ2n) is 4.56. The predicted molar refractivity (Wildman–Crippen MR) is 111 cm³/mol. The SMILES string of the molecule is CCNC(=NCc1csc(Br)c1)NCc1nc(C)c(C)s1.I. The Hall–Kier alpha value is -0.190. The van der Waals surface area contributed by atoms with E-state index in [2.05, 4.69) is 61.8 Å². The van der Waals surface area contributed by atoms with Crippen molar-refractivity contribution >= 4 is 68.5 Å². The Morgan fingerprint density at radius 3 is 2.68 bits per heavy atom. The molecule has 0 saturated carbocycles. The average Bonchev–Trinajstić information content (AvgIpc) is 3.00. The molecule has 0 radical (unpaired) electrons. The number of hydrogen-bond donors (Lipinski definition) is 2. The summed E-state index contributed by atoms with van der Waals surface area (Å²) >= 11 is 6.89. The van der Waals surface area contributed by atoms with Crippen LogP contribution in [-0.4, -0.2) is 17.5 Å². The van der Waals surface area contributed by atoms with E-state index in [1.165, 1.54) is 10.4 Å². The van der Waals surface area contributed by atoms with Gasteiger partial charge >= 0.3 is 0 Å². The molecule has 2 N–H and O–H groups in total. The average molecular weight is 515 g/mol. The first-order chi connectivity index (χ1) is 10.1. The largest absolute Gasteiger partial charge is 0.357 e. The van der Waals surface area contributed by atoms with E-state index < -0.39 is 0 Å². The molecule has 0 fully saturated rings. The molecule has 22 heavy (non-hydrogen) atoms. The minimum Gasteiger partial charge on any atom is -0.357 e. The third kappa shape index (κ3) is 6.13. The molecule has 0 amide bonds. The van der Waals surface area contributed by atoms with Crippen LogP contribution in [0.3, 0.4) is 0 Å².